The predicted molar refractivity (Wildman–Crippen MR) is 50.2 cm³/mol. The van der Waals surface area contributed by atoms with Crippen molar-refractivity contribution in [1.29, 1.82) is 0 Å². The molecule has 0 spiro atoms. The Kier molecular flexibility index (Phi) is 4.18. The Morgan fingerprint density at radius 3 is 2.77 bits per heavy atom. The van der Waals surface area contributed by atoms with Gasteiger partial charge in [-0.3, -0.25) is 4.79 Å². The largest absolute Gasteiger partial charge is 0.381 e. The Bertz CT molecular complexity index is 167. The standard InChI is InChI=1S/C9H18N2O2/c1-2-11-9(12)8(10)7-3-5-13-6-4-7/h7-8H,2-6,10H2,1H3,(H,11,12). The molecule has 76 valence electrons. The lowest BCUT2D eigenvalue weighted by Gasteiger charge is -2.26. The summed E-state index contributed by atoms with van der Waals surface area (Å²) in [5, 5.41) is 2.74. The van der Waals surface area contributed by atoms with Crippen molar-refractivity contribution >= 4 is 5.91 Å². The average molecular weight is 186 g/mol. The monoisotopic (exact) mass is 186 g/mol. The van der Waals surface area contributed by atoms with Crippen molar-refractivity contribution in [2.75, 3.05) is 19.8 Å². The molecule has 1 amide bonds. The molecule has 1 aliphatic rings. The molecule has 4 nitrogen and oxygen atoms in total. The van der Waals surface area contributed by atoms with Crippen LogP contribution in [0.4, 0.5) is 0 Å². The fourth-order valence-electron chi connectivity index (χ4n) is 1.58. The number of ether oxygens (including phenoxy) is 1. The van der Waals surface area contributed by atoms with E-state index in [1.807, 2.05) is 6.92 Å². The van der Waals surface area contributed by atoms with Crippen molar-refractivity contribution < 1.29 is 9.53 Å². The number of carbonyl (C=O) groups is 1. The first kappa shape index (κ1) is 10.5. The first-order chi connectivity index (χ1) is 6.25. The molecule has 3 N–H and O–H groups in total. The van der Waals surface area contributed by atoms with E-state index in [0.717, 1.165) is 26.1 Å². The highest BCUT2D eigenvalue weighted by Crippen LogP contribution is 2.17. The average Bonchev–Trinajstić information content (AvgIpc) is 2.18. The van der Waals surface area contributed by atoms with E-state index in [0.29, 0.717) is 12.5 Å². The molecular formula is C9H18N2O2. The number of rotatable bonds is 3. The summed E-state index contributed by atoms with van der Waals surface area (Å²) < 4.78 is 5.20. The van der Waals surface area contributed by atoms with Crippen LogP contribution in [0.2, 0.25) is 0 Å². The molecule has 1 atom stereocenters. The number of nitrogens with one attached hydrogen (secondary N) is 1. The molecule has 1 fully saturated rings. The van der Waals surface area contributed by atoms with Gasteiger partial charge in [0.25, 0.3) is 0 Å². The zero-order chi connectivity index (χ0) is 9.68. The molecule has 0 aromatic carbocycles. The fraction of sp³-hybridized carbons (Fsp3) is 0.889. The van der Waals surface area contributed by atoms with Crippen molar-refractivity contribution in [2.24, 2.45) is 11.7 Å². The van der Waals surface area contributed by atoms with Gasteiger partial charge >= 0.3 is 0 Å². The molecule has 4 heteroatoms. The van der Waals surface area contributed by atoms with Gasteiger partial charge in [-0.2, -0.15) is 0 Å². The van der Waals surface area contributed by atoms with E-state index < -0.39 is 0 Å². The summed E-state index contributed by atoms with van der Waals surface area (Å²) in [4.78, 5) is 11.4. The maximum atomic E-state index is 11.4. The molecule has 0 aliphatic carbocycles. The van der Waals surface area contributed by atoms with E-state index >= 15 is 0 Å². The lowest BCUT2D eigenvalue weighted by atomic mass is 9.92. The van der Waals surface area contributed by atoms with Gasteiger partial charge in [-0.05, 0) is 25.7 Å². The highest BCUT2D eigenvalue weighted by atomic mass is 16.5. The minimum atomic E-state index is -0.358. The summed E-state index contributed by atoms with van der Waals surface area (Å²) >= 11 is 0. The lowest BCUT2D eigenvalue weighted by Crippen LogP contribution is -2.47. The van der Waals surface area contributed by atoms with Gasteiger partial charge in [-0.15, -0.1) is 0 Å². The molecule has 13 heavy (non-hydrogen) atoms. The van der Waals surface area contributed by atoms with Crippen LogP contribution in [0.5, 0.6) is 0 Å². The number of nitrogens with two attached hydrogens (primary N) is 1. The lowest BCUT2D eigenvalue weighted by molar-refractivity contribution is -0.124. The van der Waals surface area contributed by atoms with Gasteiger partial charge in [0.05, 0.1) is 6.04 Å². The van der Waals surface area contributed by atoms with Crippen molar-refractivity contribution in [2.45, 2.75) is 25.8 Å². The van der Waals surface area contributed by atoms with E-state index in [1.54, 1.807) is 0 Å². The van der Waals surface area contributed by atoms with E-state index in [4.69, 9.17) is 10.5 Å². The second kappa shape index (κ2) is 5.19. The topological polar surface area (TPSA) is 64.4 Å². The Balaban J connectivity index is 2.35. The summed E-state index contributed by atoms with van der Waals surface area (Å²) in [5.74, 6) is 0.259. The molecule has 0 radical (unpaired) electrons. The van der Waals surface area contributed by atoms with Crippen LogP contribution in [0.1, 0.15) is 19.8 Å². The Morgan fingerprint density at radius 2 is 2.23 bits per heavy atom. The molecule has 0 bridgehead atoms. The van der Waals surface area contributed by atoms with Crippen molar-refractivity contribution in [3.8, 4) is 0 Å². The second-order valence-corrected chi connectivity index (χ2v) is 3.37. The third-order valence-corrected chi connectivity index (χ3v) is 2.43. The molecule has 1 rings (SSSR count). The van der Waals surface area contributed by atoms with Crippen LogP contribution in [0.15, 0.2) is 0 Å². The van der Waals surface area contributed by atoms with Crippen LogP contribution >= 0.6 is 0 Å². The molecule has 0 aromatic rings. The van der Waals surface area contributed by atoms with Crippen LogP contribution < -0.4 is 11.1 Å². The van der Waals surface area contributed by atoms with E-state index in [1.165, 1.54) is 0 Å². The van der Waals surface area contributed by atoms with Gasteiger partial charge < -0.3 is 15.8 Å². The summed E-state index contributed by atoms with van der Waals surface area (Å²) in [6.07, 6.45) is 1.80. The SMILES string of the molecule is CCNC(=O)C(N)C1CCOCC1. The number of hydrogen-bond donors (Lipinski definition) is 2. The van der Waals surface area contributed by atoms with Crippen molar-refractivity contribution in [3.63, 3.8) is 0 Å². The van der Waals surface area contributed by atoms with Crippen LogP contribution in [-0.2, 0) is 9.53 Å². The summed E-state index contributed by atoms with van der Waals surface area (Å²) in [6, 6.07) is -0.358. The summed E-state index contributed by atoms with van der Waals surface area (Å²) in [6.45, 7) is 4.01. The van der Waals surface area contributed by atoms with Crippen LogP contribution in [-0.4, -0.2) is 31.7 Å². The Hall–Kier alpha value is -0.610. The van der Waals surface area contributed by atoms with Crippen molar-refractivity contribution in [3.05, 3.63) is 0 Å². The molecular weight excluding hydrogens is 168 g/mol. The molecule has 1 saturated heterocycles. The minimum Gasteiger partial charge on any atom is -0.381 e. The normalized spacial score (nSPS) is 21.1. The Morgan fingerprint density at radius 1 is 1.62 bits per heavy atom. The van der Waals surface area contributed by atoms with Gasteiger partial charge in [0.2, 0.25) is 5.91 Å². The van der Waals surface area contributed by atoms with E-state index in [-0.39, 0.29) is 11.9 Å². The number of hydrogen-bond acceptors (Lipinski definition) is 3. The highest BCUT2D eigenvalue weighted by Gasteiger charge is 2.25. The summed E-state index contributed by atoms with van der Waals surface area (Å²) in [5.41, 5.74) is 5.81. The highest BCUT2D eigenvalue weighted by molar-refractivity contribution is 5.81. The van der Waals surface area contributed by atoms with Gasteiger partial charge in [0.15, 0.2) is 0 Å². The van der Waals surface area contributed by atoms with Gasteiger partial charge in [0, 0.05) is 19.8 Å². The third-order valence-electron chi connectivity index (χ3n) is 2.43. The molecule has 0 aromatic heterocycles. The van der Waals surface area contributed by atoms with E-state index in [2.05, 4.69) is 5.32 Å². The first-order valence-electron chi connectivity index (χ1n) is 4.86. The van der Waals surface area contributed by atoms with Crippen LogP contribution in [0.25, 0.3) is 0 Å². The Labute approximate surface area is 78.8 Å². The third kappa shape index (κ3) is 2.97. The fourth-order valence-corrected chi connectivity index (χ4v) is 1.58. The smallest absolute Gasteiger partial charge is 0.237 e. The number of amides is 1. The van der Waals surface area contributed by atoms with Crippen LogP contribution in [0.3, 0.4) is 0 Å². The predicted octanol–water partition coefficient (Wildman–Crippen LogP) is -0.124. The van der Waals surface area contributed by atoms with Gasteiger partial charge in [0.1, 0.15) is 0 Å². The zero-order valence-electron chi connectivity index (χ0n) is 8.08. The molecule has 0 saturated carbocycles. The molecule has 1 unspecified atom stereocenters. The zero-order valence-corrected chi connectivity index (χ0v) is 8.08. The number of carbonyl (C=O) groups excluding carboxylic acids is 1. The number of likely N-dealkylation sites (N-methyl/N-ethyl adjacent to an activating group) is 1. The van der Waals surface area contributed by atoms with Gasteiger partial charge in [-0.1, -0.05) is 0 Å². The minimum absolute atomic E-state index is 0.0330. The maximum Gasteiger partial charge on any atom is 0.237 e. The van der Waals surface area contributed by atoms with Gasteiger partial charge in [-0.25, -0.2) is 0 Å². The van der Waals surface area contributed by atoms with Crippen molar-refractivity contribution in [1.82, 2.24) is 5.32 Å². The maximum absolute atomic E-state index is 11.4. The quantitative estimate of drug-likeness (QED) is 0.645. The van der Waals surface area contributed by atoms with E-state index in [9.17, 15) is 4.79 Å². The molecule has 1 heterocycles. The second-order valence-electron chi connectivity index (χ2n) is 3.37. The summed E-state index contributed by atoms with van der Waals surface area (Å²) in [7, 11) is 0. The first-order valence-corrected chi connectivity index (χ1v) is 4.86. The van der Waals surface area contributed by atoms with Crippen LogP contribution in [0, 0.1) is 5.92 Å². The molecule has 1 aliphatic heterocycles.